The molecule has 1 aliphatic rings. The Morgan fingerprint density at radius 2 is 2.28 bits per heavy atom. The molecule has 0 saturated carbocycles. The summed E-state index contributed by atoms with van der Waals surface area (Å²) in [6.45, 7) is 6.19. The first-order valence-electron chi connectivity index (χ1n) is 5.71. The number of amides is 1. The Morgan fingerprint density at radius 1 is 1.56 bits per heavy atom. The van der Waals surface area contributed by atoms with Crippen LogP contribution in [0.3, 0.4) is 0 Å². The molecular formula is C12H15N3O3. The molecule has 2 heterocycles. The zero-order chi connectivity index (χ0) is 13.3. The summed E-state index contributed by atoms with van der Waals surface area (Å²) in [7, 11) is 0. The fraction of sp³-hybridized carbons (Fsp3) is 0.583. The van der Waals surface area contributed by atoms with E-state index in [4.69, 9.17) is 14.4 Å². The first kappa shape index (κ1) is 12.4. The Labute approximate surface area is 105 Å². The lowest BCUT2D eigenvalue weighted by molar-refractivity contribution is 0.0231. The third-order valence-corrected chi connectivity index (χ3v) is 2.38. The van der Waals surface area contributed by atoms with Gasteiger partial charge in [-0.05, 0) is 20.8 Å². The zero-order valence-corrected chi connectivity index (χ0v) is 10.7. The number of hydrogen-bond acceptors (Lipinski definition) is 5. The van der Waals surface area contributed by atoms with E-state index in [1.807, 2.05) is 26.8 Å². The first-order chi connectivity index (χ1) is 8.39. The van der Waals surface area contributed by atoms with Gasteiger partial charge in [0.1, 0.15) is 23.5 Å². The average molecular weight is 249 g/mol. The van der Waals surface area contributed by atoms with Crippen LogP contribution in [0.4, 0.5) is 4.79 Å². The highest BCUT2D eigenvalue weighted by Crippen LogP contribution is 2.25. The maximum absolute atomic E-state index is 11.8. The second-order valence-corrected chi connectivity index (χ2v) is 5.15. The summed E-state index contributed by atoms with van der Waals surface area (Å²) in [6.07, 6.45) is -0.225. The second kappa shape index (κ2) is 4.33. The summed E-state index contributed by atoms with van der Waals surface area (Å²) in [5, 5.41) is 8.54. The van der Waals surface area contributed by atoms with Crippen molar-refractivity contribution in [2.75, 3.05) is 0 Å². The molecule has 0 saturated heterocycles. The number of rotatable bonds is 1. The highest BCUT2D eigenvalue weighted by molar-refractivity contribution is 5.68. The number of oxazole rings is 1. The van der Waals surface area contributed by atoms with Crippen molar-refractivity contribution >= 4 is 6.09 Å². The molecule has 96 valence electrons. The molecule has 0 unspecified atom stereocenters. The second-order valence-electron chi connectivity index (χ2n) is 5.15. The largest absolute Gasteiger partial charge is 0.444 e. The molecule has 0 N–H and O–H groups in total. The molecule has 0 atom stereocenters. The van der Waals surface area contributed by atoms with Crippen LogP contribution in [0.15, 0.2) is 4.42 Å². The zero-order valence-electron chi connectivity index (χ0n) is 10.7. The van der Waals surface area contributed by atoms with E-state index in [9.17, 15) is 4.79 Å². The predicted molar refractivity (Wildman–Crippen MR) is 61.3 cm³/mol. The van der Waals surface area contributed by atoms with Crippen LogP contribution < -0.4 is 0 Å². The van der Waals surface area contributed by atoms with Gasteiger partial charge in [-0.25, -0.2) is 9.78 Å². The Bertz CT molecular complexity index is 484. The van der Waals surface area contributed by atoms with Crippen LogP contribution in [0, 0.1) is 11.3 Å². The van der Waals surface area contributed by atoms with Crippen molar-refractivity contribution in [2.24, 2.45) is 0 Å². The Morgan fingerprint density at radius 3 is 2.83 bits per heavy atom. The molecule has 0 aliphatic carbocycles. The van der Waals surface area contributed by atoms with Crippen LogP contribution in [-0.4, -0.2) is 21.6 Å². The van der Waals surface area contributed by atoms with E-state index in [1.165, 1.54) is 4.90 Å². The standard InChI is InChI=1S/C12H15N3O3/c1-12(2,3)18-11(16)15-6-8-9(7-15)17-10(14-8)4-5-13/h4,6-7H2,1-3H3. The molecule has 0 spiro atoms. The number of fused-ring (bicyclic) bond motifs is 1. The van der Waals surface area contributed by atoms with Gasteiger partial charge in [0.15, 0.2) is 0 Å². The van der Waals surface area contributed by atoms with Crippen molar-refractivity contribution in [3.63, 3.8) is 0 Å². The summed E-state index contributed by atoms with van der Waals surface area (Å²) < 4.78 is 10.7. The van der Waals surface area contributed by atoms with Gasteiger partial charge in [0.05, 0.1) is 19.2 Å². The minimum Gasteiger partial charge on any atom is -0.444 e. The van der Waals surface area contributed by atoms with Gasteiger partial charge < -0.3 is 9.15 Å². The van der Waals surface area contributed by atoms with Crippen molar-refractivity contribution < 1.29 is 13.9 Å². The van der Waals surface area contributed by atoms with E-state index in [0.29, 0.717) is 30.4 Å². The third-order valence-electron chi connectivity index (χ3n) is 2.38. The van der Waals surface area contributed by atoms with Gasteiger partial charge in [-0.2, -0.15) is 5.26 Å². The molecule has 0 radical (unpaired) electrons. The smallest absolute Gasteiger partial charge is 0.411 e. The van der Waals surface area contributed by atoms with Crippen LogP contribution in [0.5, 0.6) is 0 Å². The molecule has 6 heteroatoms. The normalized spacial score (nSPS) is 14.2. The summed E-state index contributed by atoms with van der Waals surface area (Å²) >= 11 is 0. The first-order valence-corrected chi connectivity index (χ1v) is 5.71. The molecule has 1 amide bonds. The number of carbonyl (C=O) groups excluding carboxylic acids is 1. The fourth-order valence-electron chi connectivity index (χ4n) is 1.69. The van der Waals surface area contributed by atoms with E-state index in [1.54, 1.807) is 0 Å². The van der Waals surface area contributed by atoms with Crippen molar-refractivity contribution in [1.82, 2.24) is 9.88 Å². The van der Waals surface area contributed by atoms with Gasteiger partial charge in [0.2, 0.25) is 5.89 Å². The Balaban J connectivity index is 2.00. The summed E-state index contributed by atoms with van der Waals surface area (Å²) in [6, 6.07) is 1.98. The molecule has 2 rings (SSSR count). The molecule has 1 aliphatic heterocycles. The van der Waals surface area contributed by atoms with E-state index in [0.717, 1.165) is 0 Å². The Kier molecular flexibility index (Phi) is 2.99. The van der Waals surface area contributed by atoms with Crippen LogP contribution in [0.25, 0.3) is 0 Å². The number of nitriles is 1. The predicted octanol–water partition coefficient (Wildman–Crippen LogP) is 1.99. The van der Waals surface area contributed by atoms with E-state index in [-0.39, 0.29) is 12.5 Å². The number of ether oxygens (including phenoxy) is 1. The van der Waals surface area contributed by atoms with Gasteiger partial charge in [-0.3, -0.25) is 4.90 Å². The highest BCUT2D eigenvalue weighted by atomic mass is 16.6. The molecule has 1 aromatic heterocycles. The van der Waals surface area contributed by atoms with Gasteiger partial charge in [-0.15, -0.1) is 0 Å². The molecule has 0 aromatic carbocycles. The fourth-order valence-corrected chi connectivity index (χ4v) is 1.69. The Hall–Kier alpha value is -2.03. The van der Waals surface area contributed by atoms with Gasteiger partial charge in [0.25, 0.3) is 0 Å². The average Bonchev–Trinajstić information content (AvgIpc) is 2.72. The molecule has 1 aromatic rings. The molecule has 0 bridgehead atoms. The van der Waals surface area contributed by atoms with Crippen molar-refractivity contribution in [3.8, 4) is 6.07 Å². The maximum atomic E-state index is 11.8. The van der Waals surface area contributed by atoms with E-state index < -0.39 is 5.60 Å². The van der Waals surface area contributed by atoms with Crippen molar-refractivity contribution in [1.29, 1.82) is 5.26 Å². The quantitative estimate of drug-likeness (QED) is 0.760. The SMILES string of the molecule is CC(C)(C)OC(=O)N1Cc2nc(CC#N)oc2C1. The molecule has 0 fully saturated rings. The van der Waals surface area contributed by atoms with Crippen molar-refractivity contribution in [2.45, 2.75) is 45.9 Å². The molecular weight excluding hydrogens is 234 g/mol. The van der Waals surface area contributed by atoms with Gasteiger partial charge in [0, 0.05) is 0 Å². The van der Waals surface area contributed by atoms with Gasteiger partial charge >= 0.3 is 6.09 Å². The van der Waals surface area contributed by atoms with Crippen LogP contribution in [0.1, 0.15) is 38.1 Å². The topological polar surface area (TPSA) is 79.4 Å². The van der Waals surface area contributed by atoms with E-state index in [2.05, 4.69) is 4.98 Å². The summed E-state index contributed by atoms with van der Waals surface area (Å²) in [4.78, 5) is 17.5. The number of carbonyl (C=O) groups is 1. The molecule has 18 heavy (non-hydrogen) atoms. The number of aromatic nitrogens is 1. The lowest BCUT2D eigenvalue weighted by atomic mass is 10.2. The maximum Gasteiger partial charge on any atom is 0.411 e. The van der Waals surface area contributed by atoms with Crippen LogP contribution >= 0.6 is 0 Å². The lowest BCUT2D eigenvalue weighted by Crippen LogP contribution is -2.33. The number of nitrogens with zero attached hydrogens (tertiary/aromatic N) is 3. The van der Waals surface area contributed by atoms with Crippen LogP contribution in [-0.2, 0) is 24.2 Å². The minimum atomic E-state index is -0.514. The molecule has 6 nitrogen and oxygen atoms in total. The van der Waals surface area contributed by atoms with Crippen LogP contribution in [0.2, 0.25) is 0 Å². The van der Waals surface area contributed by atoms with E-state index >= 15 is 0 Å². The summed E-state index contributed by atoms with van der Waals surface area (Å²) in [5.74, 6) is 1.05. The summed E-state index contributed by atoms with van der Waals surface area (Å²) in [5.41, 5.74) is 0.200. The van der Waals surface area contributed by atoms with Gasteiger partial charge in [-0.1, -0.05) is 0 Å². The number of hydrogen-bond donors (Lipinski definition) is 0. The minimum absolute atomic E-state index is 0.152. The lowest BCUT2D eigenvalue weighted by Gasteiger charge is -2.23. The van der Waals surface area contributed by atoms with Crippen molar-refractivity contribution in [3.05, 3.63) is 17.3 Å². The third kappa shape index (κ3) is 2.62. The highest BCUT2D eigenvalue weighted by Gasteiger charge is 2.31. The monoisotopic (exact) mass is 249 g/mol.